The van der Waals surface area contributed by atoms with Crippen LogP contribution in [-0.4, -0.2) is 0 Å². The molecule has 0 saturated carbocycles. The maximum Gasteiger partial charge on any atom is 0.192 e. The number of rotatable bonds is 1. The van der Waals surface area contributed by atoms with Crippen molar-refractivity contribution in [1.29, 1.82) is 0 Å². The lowest BCUT2D eigenvalue weighted by Crippen LogP contribution is -2.05. The van der Waals surface area contributed by atoms with Gasteiger partial charge in [-0.2, -0.15) is 0 Å². The molecule has 0 amide bonds. The molecule has 0 saturated heterocycles. The Morgan fingerprint density at radius 1 is 1.33 bits per heavy atom. The summed E-state index contributed by atoms with van der Waals surface area (Å²) in [6.07, 6.45) is 0. The third kappa shape index (κ3) is 2.40. The number of halogens is 2. The van der Waals surface area contributed by atoms with E-state index in [4.69, 9.17) is 10.2 Å². The summed E-state index contributed by atoms with van der Waals surface area (Å²) in [7, 11) is 0. The van der Waals surface area contributed by atoms with Gasteiger partial charge in [-0.25, -0.2) is 0 Å². The van der Waals surface area contributed by atoms with E-state index in [0.717, 1.165) is 4.47 Å². The Hall–Kier alpha value is -0.840. The van der Waals surface area contributed by atoms with Crippen molar-refractivity contribution in [3.05, 3.63) is 44.7 Å². The topological polar surface area (TPSA) is 56.2 Å². The van der Waals surface area contributed by atoms with Gasteiger partial charge >= 0.3 is 0 Å². The molecule has 80 valence electrons. The Balaban J connectivity index is 0.00000112. The summed E-state index contributed by atoms with van der Waals surface area (Å²) in [5.41, 5.74) is 5.91. The molecule has 0 radical (unpaired) electrons. The highest BCUT2D eigenvalue weighted by Gasteiger charge is 2.03. The minimum Gasteiger partial charge on any atom is -0.459 e. The van der Waals surface area contributed by atoms with Crippen LogP contribution in [0, 0.1) is 0 Å². The van der Waals surface area contributed by atoms with Crippen LogP contribution < -0.4 is 11.2 Å². The molecule has 0 unspecified atom stereocenters. The van der Waals surface area contributed by atoms with Gasteiger partial charge in [-0.1, -0.05) is 15.9 Å². The summed E-state index contributed by atoms with van der Waals surface area (Å²) >= 11 is 3.31. The molecule has 2 N–H and O–H groups in total. The van der Waals surface area contributed by atoms with Crippen molar-refractivity contribution in [1.82, 2.24) is 0 Å². The lowest BCUT2D eigenvalue weighted by Gasteiger charge is -2.00. The molecule has 0 aliphatic heterocycles. The third-order valence-electron chi connectivity index (χ3n) is 1.94. The van der Waals surface area contributed by atoms with Gasteiger partial charge in [0.2, 0.25) is 0 Å². The van der Waals surface area contributed by atoms with Crippen molar-refractivity contribution in [2.24, 2.45) is 5.73 Å². The molecule has 0 fully saturated rings. The van der Waals surface area contributed by atoms with Gasteiger partial charge in [0, 0.05) is 10.5 Å². The van der Waals surface area contributed by atoms with Crippen LogP contribution >= 0.6 is 28.3 Å². The van der Waals surface area contributed by atoms with Crippen molar-refractivity contribution < 1.29 is 4.42 Å². The fourth-order valence-electron chi connectivity index (χ4n) is 1.28. The monoisotopic (exact) mass is 289 g/mol. The average Bonchev–Trinajstić information content (AvgIpc) is 2.16. The number of fused-ring (bicyclic) bond motifs is 1. The van der Waals surface area contributed by atoms with Crippen molar-refractivity contribution >= 4 is 39.3 Å². The zero-order valence-electron chi connectivity index (χ0n) is 7.70. The molecule has 15 heavy (non-hydrogen) atoms. The summed E-state index contributed by atoms with van der Waals surface area (Å²) in [5, 5.41) is 0.574. The fraction of sp³-hybridized carbons (Fsp3) is 0.100. The summed E-state index contributed by atoms with van der Waals surface area (Å²) in [4.78, 5) is 11.5. The summed E-state index contributed by atoms with van der Waals surface area (Å²) in [6, 6.07) is 6.72. The van der Waals surface area contributed by atoms with Crippen molar-refractivity contribution in [3.8, 4) is 0 Å². The van der Waals surface area contributed by atoms with E-state index in [-0.39, 0.29) is 24.4 Å². The van der Waals surface area contributed by atoms with Crippen molar-refractivity contribution in [2.45, 2.75) is 6.54 Å². The fourth-order valence-corrected chi connectivity index (χ4v) is 1.62. The van der Waals surface area contributed by atoms with E-state index < -0.39 is 0 Å². The summed E-state index contributed by atoms with van der Waals surface area (Å²) in [5.74, 6) is 0.501. The predicted molar refractivity (Wildman–Crippen MR) is 65.3 cm³/mol. The van der Waals surface area contributed by atoms with Crippen LogP contribution in [0.5, 0.6) is 0 Å². The molecule has 2 rings (SSSR count). The first-order valence-corrected chi connectivity index (χ1v) is 4.92. The van der Waals surface area contributed by atoms with Gasteiger partial charge in [0.25, 0.3) is 0 Å². The smallest absolute Gasteiger partial charge is 0.192 e. The van der Waals surface area contributed by atoms with Gasteiger partial charge in [0.1, 0.15) is 11.3 Å². The summed E-state index contributed by atoms with van der Waals surface area (Å²) < 4.78 is 6.29. The van der Waals surface area contributed by atoms with Gasteiger partial charge in [0.15, 0.2) is 5.43 Å². The lowest BCUT2D eigenvalue weighted by atomic mass is 10.2. The van der Waals surface area contributed by atoms with Gasteiger partial charge < -0.3 is 10.2 Å². The average molecular weight is 291 g/mol. The number of nitrogens with two attached hydrogens (primary N) is 1. The van der Waals surface area contributed by atoms with E-state index in [1.165, 1.54) is 6.07 Å². The Labute approximate surface area is 101 Å². The molecule has 1 aromatic heterocycles. The Bertz CT molecular complexity index is 538. The Kier molecular flexibility index (Phi) is 3.90. The first-order valence-electron chi connectivity index (χ1n) is 4.13. The van der Waals surface area contributed by atoms with Gasteiger partial charge in [-0.3, -0.25) is 4.79 Å². The maximum atomic E-state index is 11.5. The van der Waals surface area contributed by atoms with Crippen LogP contribution in [0.3, 0.4) is 0 Å². The molecule has 0 aliphatic rings. The Morgan fingerprint density at radius 2 is 2.07 bits per heavy atom. The molecule has 0 spiro atoms. The quantitative estimate of drug-likeness (QED) is 0.877. The van der Waals surface area contributed by atoms with E-state index in [0.29, 0.717) is 16.7 Å². The van der Waals surface area contributed by atoms with Crippen LogP contribution in [0.25, 0.3) is 11.0 Å². The van der Waals surface area contributed by atoms with Crippen LogP contribution in [0.1, 0.15) is 5.76 Å². The van der Waals surface area contributed by atoms with Crippen LogP contribution in [0.2, 0.25) is 0 Å². The van der Waals surface area contributed by atoms with Crippen LogP contribution in [-0.2, 0) is 6.54 Å². The second kappa shape index (κ2) is 4.79. The zero-order valence-corrected chi connectivity index (χ0v) is 10.1. The second-order valence-corrected chi connectivity index (χ2v) is 3.84. The van der Waals surface area contributed by atoms with Crippen LogP contribution in [0.15, 0.2) is 37.9 Å². The predicted octanol–water partition coefficient (Wildman–Crippen LogP) is 2.44. The molecule has 0 bridgehead atoms. The largest absolute Gasteiger partial charge is 0.459 e. The molecule has 3 nitrogen and oxygen atoms in total. The standard InChI is InChI=1S/C10H8BrNO2.ClH/c11-6-1-2-8-9(13)4-7(5-12)14-10(8)3-6;/h1-4H,5,12H2;1H. The number of hydrogen-bond donors (Lipinski definition) is 1. The van der Waals surface area contributed by atoms with E-state index in [1.54, 1.807) is 18.2 Å². The van der Waals surface area contributed by atoms with Gasteiger partial charge in [-0.15, -0.1) is 12.4 Å². The highest BCUT2D eigenvalue weighted by atomic mass is 79.9. The SMILES string of the molecule is Cl.NCc1cc(=O)c2ccc(Br)cc2o1. The highest BCUT2D eigenvalue weighted by Crippen LogP contribution is 2.18. The first-order chi connectivity index (χ1) is 6.70. The molecule has 2 aromatic rings. The minimum absolute atomic E-state index is 0. The molecular weight excluding hydrogens is 281 g/mol. The van der Waals surface area contributed by atoms with E-state index >= 15 is 0 Å². The van der Waals surface area contributed by atoms with Crippen molar-refractivity contribution in [3.63, 3.8) is 0 Å². The molecule has 5 heteroatoms. The normalized spacial score (nSPS) is 10.0. The van der Waals surface area contributed by atoms with E-state index in [2.05, 4.69) is 15.9 Å². The van der Waals surface area contributed by atoms with Crippen molar-refractivity contribution in [2.75, 3.05) is 0 Å². The first kappa shape index (κ1) is 12.2. The maximum absolute atomic E-state index is 11.5. The van der Waals surface area contributed by atoms with Gasteiger partial charge in [-0.05, 0) is 18.2 Å². The number of benzene rings is 1. The van der Waals surface area contributed by atoms with E-state index in [1.807, 2.05) is 0 Å². The minimum atomic E-state index is -0.0563. The van der Waals surface area contributed by atoms with Gasteiger partial charge in [0.05, 0.1) is 11.9 Å². The zero-order chi connectivity index (χ0) is 10.1. The molecule has 1 aromatic carbocycles. The number of hydrogen-bond acceptors (Lipinski definition) is 3. The summed E-state index contributed by atoms with van der Waals surface area (Å²) in [6.45, 7) is 0.234. The highest BCUT2D eigenvalue weighted by molar-refractivity contribution is 9.10. The second-order valence-electron chi connectivity index (χ2n) is 2.92. The molecular formula is C10H9BrClNO2. The molecule has 1 heterocycles. The van der Waals surface area contributed by atoms with Crippen LogP contribution in [0.4, 0.5) is 0 Å². The Morgan fingerprint density at radius 3 is 2.73 bits per heavy atom. The molecule has 0 atom stereocenters. The lowest BCUT2D eigenvalue weighted by molar-refractivity contribution is 0.539. The molecule has 0 aliphatic carbocycles. The third-order valence-corrected chi connectivity index (χ3v) is 2.44. The van der Waals surface area contributed by atoms with E-state index in [9.17, 15) is 4.79 Å².